The molecule has 1 aromatic rings. The maximum absolute atomic E-state index is 10.5. The summed E-state index contributed by atoms with van der Waals surface area (Å²) >= 11 is 0. The van der Waals surface area contributed by atoms with E-state index in [1.165, 1.54) is 0 Å². The molecule has 1 aromatic carbocycles. The Labute approximate surface area is 84.9 Å². The summed E-state index contributed by atoms with van der Waals surface area (Å²) in [5.74, 6) is 0.928. The van der Waals surface area contributed by atoms with Crippen molar-refractivity contribution in [3.63, 3.8) is 0 Å². The molecule has 2 nitrogen and oxygen atoms in total. The predicted molar refractivity (Wildman–Crippen MR) is 57.0 cm³/mol. The van der Waals surface area contributed by atoms with Crippen LogP contribution in [0, 0.1) is 20.8 Å². The van der Waals surface area contributed by atoms with E-state index in [0.717, 1.165) is 34.3 Å². The van der Waals surface area contributed by atoms with Crippen LogP contribution in [0.5, 0.6) is 5.75 Å². The lowest BCUT2D eigenvalue weighted by Gasteiger charge is -2.14. The van der Waals surface area contributed by atoms with E-state index in [1.807, 2.05) is 26.8 Å². The quantitative estimate of drug-likeness (QED) is 0.687. The van der Waals surface area contributed by atoms with Crippen LogP contribution < -0.4 is 4.74 Å². The van der Waals surface area contributed by atoms with Gasteiger partial charge in [-0.3, -0.25) is 0 Å². The first-order chi connectivity index (χ1) is 6.61. The highest BCUT2D eigenvalue weighted by molar-refractivity contribution is 5.59. The van der Waals surface area contributed by atoms with Crippen LogP contribution >= 0.6 is 0 Å². The molecular formula is C12H16O2. The van der Waals surface area contributed by atoms with Crippen molar-refractivity contribution in [2.75, 3.05) is 7.11 Å². The molecule has 0 atom stereocenters. The van der Waals surface area contributed by atoms with Gasteiger partial charge in [-0.15, -0.1) is 0 Å². The van der Waals surface area contributed by atoms with Crippen LogP contribution in [0.25, 0.3) is 0 Å². The molecule has 0 amide bonds. The monoisotopic (exact) mass is 192 g/mol. The fraction of sp³-hybridized carbons (Fsp3) is 0.417. The number of carbonyl (C=O) groups excluding carboxylic acids is 1. The minimum absolute atomic E-state index is 0.484. The lowest BCUT2D eigenvalue weighted by atomic mass is 9.97. The molecule has 2 heteroatoms. The summed E-state index contributed by atoms with van der Waals surface area (Å²) in [6.07, 6.45) is 1.42. The van der Waals surface area contributed by atoms with Gasteiger partial charge in [-0.1, -0.05) is 6.07 Å². The second kappa shape index (κ2) is 4.27. The van der Waals surface area contributed by atoms with Crippen molar-refractivity contribution in [3.8, 4) is 5.75 Å². The van der Waals surface area contributed by atoms with Gasteiger partial charge in [0.25, 0.3) is 0 Å². The lowest BCUT2D eigenvalue weighted by molar-refractivity contribution is -0.107. The molecule has 0 aliphatic rings. The van der Waals surface area contributed by atoms with E-state index in [0.29, 0.717) is 6.42 Å². The molecule has 0 N–H and O–H groups in total. The van der Waals surface area contributed by atoms with Crippen LogP contribution in [0.4, 0.5) is 0 Å². The number of aryl methyl sites for hydroxylation is 1. The molecule has 0 aliphatic carbocycles. The number of aldehydes is 1. The predicted octanol–water partition coefficient (Wildman–Crippen LogP) is 2.36. The molecular weight excluding hydrogens is 176 g/mol. The number of methoxy groups -OCH3 is 1. The van der Waals surface area contributed by atoms with Crippen LogP contribution in [0.15, 0.2) is 6.07 Å². The fourth-order valence-electron chi connectivity index (χ4n) is 1.76. The summed E-state index contributed by atoms with van der Waals surface area (Å²) in [7, 11) is 1.67. The zero-order chi connectivity index (χ0) is 10.7. The summed E-state index contributed by atoms with van der Waals surface area (Å²) in [5, 5.41) is 0. The van der Waals surface area contributed by atoms with E-state index in [1.54, 1.807) is 7.11 Å². The van der Waals surface area contributed by atoms with Crippen molar-refractivity contribution >= 4 is 6.29 Å². The van der Waals surface area contributed by atoms with Crippen molar-refractivity contribution in [1.82, 2.24) is 0 Å². The number of hydrogen-bond donors (Lipinski definition) is 0. The average Bonchev–Trinajstić information content (AvgIpc) is 2.15. The molecule has 76 valence electrons. The SMILES string of the molecule is COc1c(C)cc(CC=O)c(C)c1C. The maximum Gasteiger partial charge on any atom is 0.124 e. The van der Waals surface area contributed by atoms with Crippen molar-refractivity contribution in [2.24, 2.45) is 0 Å². The Morgan fingerprint density at radius 3 is 2.43 bits per heavy atom. The van der Waals surface area contributed by atoms with E-state index >= 15 is 0 Å². The first kappa shape index (κ1) is 10.8. The number of hydrogen-bond acceptors (Lipinski definition) is 2. The van der Waals surface area contributed by atoms with Gasteiger partial charge in [0.05, 0.1) is 7.11 Å². The largest absolute Gasteiger partial charge is 0.496 e. The first-order valence-corrected chi connectivity index (χ1v) is 4.69. The summed E-state index contributed by atoms with van der Waals surface area (Å²) in [6.45, 7) is 6.05. The van der Waals surface area contributed by atoms with Gasteiger partial charge >= 0.3 is 0 Å². The summed E-state index contributed by atoms with van der Waals surface area (Å²) in [5.41, 5.74) is 4.46. The van der Waals surface area contributed by atoms with E-state index in [-0.39, 0.29) is 0 Å². The topological polar surface area (TPSA) is 26.3 Å². The van der Waals surface area contributed by atoms with E-state index < -0.39 is 0 Å². The third-order valence-electron chi connectivity index (χ3n) is 2.64. The molecule has 0 aromatic heterocycles. The van der Waals surface area contributed by atoms with Gasteiger partial charge in [-0.2, -0.15) is 0 Å². The smallest absolute Gasteiger partial charge is 0.124 e. The zero-order valence-corrected chi connectivity index (χ0v) is 9.18. The first-order valence-electron chi connectivity index (χ1n) is 4.69. The van der Waals surface area contributed by atoms with E-state index in [4.69, 9.17) is 4.74 Å². The minimum Gasteiger partial charge on any atom is -0.496 e. The average molecular weight is 192 g/mol. The van der Waals surface area contributed by atoms with Crippen LogP contribution in [-0.2, 0) is 11.2 Å². The fourth-order valence-corrected chi connectivity index (χ4v) is 1.76. The Balaban J connectivity index is 3.31. The molecule has 1 rings (SSSR count). The zero-order valence-electron chi connectivity index (χ0n) is 9.18. The van der Waals surface area contributed by atoms with Gasteiger partial charge in [-0.05, 0) is 43.0 Å². The van der Waals surface area contributed by atoms with E-state index in [2.05, 4.69) is 0 Å². The van der Waals surface area contributed by atoms with Crippen LogP contribution in [0.1, 0.15) is 22.3 Å². The second-order valence-electron chi connectivity index (χ2n) is 3.51. The number of rotatable bonds is 3. The van der Waals surface area contributed by atoms with Crippen LogP contribution in [-0.4, -0.2) is 13.4 Å². The Hall–Kier alpha value is -1.31. The number of benzene rings is 1. The molecule has 14 heavy (non-hydrogen) atoms. The molecule has 0 bridgehead atoms. The summed E-state index contributed by atoms with van der Waals surface area (Å²) in [4.78, 5) is 10.5. The molecule has 0 unspecified atom stereocenters. The molecule has 0 heterocycles. The highest BCUT2D eigenvalue weighted by Gasteiger charge is 2.09. The Kier molecular flexibility index (Phi) is 3.28. The number of carbonyl (C=O) groups is 1. The molecule has 0 saturated heterocycles. The third kappa shape index (κ3) is 1.79. The van der Waals surface area contributed by atoms with Gasteiger partial charge < -0.3 is 9.53 Å². The normalized spacial score (nSPS) is 10.0. The lowest BCUT2D eigenvalue weighted by Crippen LogP contribution is -1.99. The Bertz CT molecular complexity index is 354. The van der Waals surface area contributed by atoms with Crippen molar-refractivity contribution in [3.05, 3.63) is 28.3 Å². The second-order valence-corrected chi connectivity index (χ2v) is 3.51. The maximum atomic E-state index is 10.5. The molecule has 0 spiro atoms. The van der Waals surface area contributed by atoms with Gasteiger partial charge in [0.2, 0.25) is 0 Å². The molecule has 0 saturated carbocycles. The Morgan fingerprint density at radius 1 is 1.29 bits per heavy atom. The van der Waals surface area contributed by atoms with Gasteiger partial charge in [0.1, 0.15) is 12.0 Å². The highest BCUT2D eigenvalue weighted by atomic mass is 16.5. The summed E-state index contributed by atoms with van der Waals surface area (Å²) in [6, 6.07) is 2.02. The standard InChI is InChI=1S/C12H16O2/c1-8-7-11(5-6-13)9(2)10(3)12(8)14-4/h6-7H,5H2,1-4H3. The van der Waals surface area contributed by atoms with Crippen LogP contribution in [0.2, 0.25) is 0 Å². The molecule has 0 fully saturated rings. The van der Waals surface area contributed by atoms with Crippen molar-refractivity contribution in [1.29, 1.82) is 0 Å². The van der Waals surface area contributed by atoms with Crippen molar-refractivity contribution in [2.45, 2.75) is 27.2 Å². The van der Waals surface area contributed by atoms with Gasteiger partial charge in [0, 0.05) is 6.42 Å². The van der Waals surface area contributed by atoms with Gasteiger partial charge in [0.15, 0.2) is 0 Å². The highest BCUT2D eigenvalue weighted by Crippen LogP contribution is 2.28. The van der Waals surface area contributed by atoms with Crippen LogP contribution in [0.3, 0.4) is 0 Å². The third-order valence-corrected chi connectivity index (χ3v) is 2.64. The molecule has 0 radical (unpaired) electrons. The van der Waals surface area contributed by atoms with Gasteiger partial charge in [-0.25, -0.2) is 0 Å². The summed E-state index contributed by atoms with van der Waals surface area (Å²) < 4.78 is 5.30. The van der Waals surface area contributed by atoms with E-state index in [9.17, 15) is 4.79 Å². The molecule has 0 aliphatic heterocycles. The van der Waals surface area contributed by atoms with Crippen molar-refractivity contribution < 1.29 is 9.53 Å². The Morgan fingerprint density at radius 2 is 1.93 bits per heavy atom. The minimum atomic E-state index is 0.484. The number of ether oxygens (including phenoxy) is 1.